The zero-order valence-corrected chi connectivity index (χ0v) is 17.2. The van der Waals surface area contributed by atoms with Gasteiger partial charge in [-0.25, -0.2) is 0 Å². The molecule has 9 heteroatoms. The van der Waals surface area contributed by atoms with Crippen molar-refractivity contribution in [2.24, 2.45) is 15.6 Å². The summed E-state index contributed by atoms with van der Waals surface area (Å²) in [6, 6.07) is 4.95. The van der Waals surface area contributed by atoms with Gasteiger partial charge in [-0.2, -0.15) is 5.10 Å². The van der Waals surface area contributed by atoms with Crippen LogP contribution in [0.1, 0.15) is 34.1 Å². The number of hydrogen-bond donors (Lipinski definition) is 2. The predicted octanol–water partition coefficient (Wildman–Crippen LogP) is 4.33. The third-order valence-electron chi connectivity index (χ3n) is 3.75. The van der Waals surface area contributed by atoms with Gasteiger partial charge in [0, 0.05) is 17.5 Å². The molecule has 1 fully saturated rings. The minimum Gasteiger partial charge on any atom is -0.325 e. The highest BCUT2D eigenvalue weighted by atomic mass is 35.5. The van der Waals surface area contributed by atoms with Crippen molar-refractivity contribution < 1.29 is 9.59 Å². The Morgan fingerprint density at radius 3 is 2.69 bits per heavy atom. The minimum absolute atomic E-state index is 0.0136. The lowest BCUT2D eigenvalue weighted by Gasteiger charge is -2.16. The van der Waals surface area contributed by atoms with Crippen molar-refractivity contribution in [3.05, 3.63) is 28.2 Å². The number of benzene rings is 1. The van der Waals surface area contributed by atoms with Crippen molar-refractivity contribution >= 4 is 63.3 Å². The summed E-state index contributed by atoms with van der Waals surface area (Å²) >= 11 is 13.2. The molecule has 0 unspecified atom stereocenters. The average Bonchev–Trinajstić information content (AvgIpc) is 2.88. The van der Waals surface area contributed by atoms with Gasteiger partial charge in [0.15, 0.2) is 5.17 Å². The van der Waals surface area contributed by atoms with Crippen LogP contribution in [0.5, 0.6) is 0 Å². The zero-order valence-electron chi connectivity index (χ0n) is 14.9. The molecule has 2 amide bonds. The molecule has 1 heterocycles. The summed E-state index contributed by atoms with van der Waals surface area (Å²) in [6.45, 7) is 7.96. The molecule has 0 bridgehead atoms. The topological polar surface area (TPSA) is 82.9 Å². The van der Waals surface area contributed by atoms with Crippen molar-refractivity contribution in [1.82, 2.24) is 5.32 Å². The van der Waals surface area contributed by atoms with Gasteiger partial charge < -0.3 is 10.6 Å². The van der Waals surface area contributed by atoms with E-state index in [2.05, 4.69) is 20.8 Å². The molecule has 0 aromatic heterocycles. The lowest BCUT2D eigenvalue weighted by Crippen LogP contribution is -2.28. The number of hydrogen-bond acceptors (Lipinski definition) is 5. The fourth-order valence-electron chi connectivity index (χ4n) is 1.83. The van der Waals surface area contributed by atoms with E-state index in [4.69, 9.17) is 23.2 Å². The Labute approximate surface area is 166 Å². The van der Waals surface area contributed by atoms with E-state index < -0.39 is 5.25 Å². The first kappa shape index (κ1) is 20.7. The second-order valence-corrected chi connectivity index (χ2v) is 8.77. The maximum atomic E-state index is 12.2. The molecule has 6 nitrogen and oxygen atoms in total. The van der Waals surface area contributed by atoms with Gasteiger partial charge in [0.05, 0.1) is 15.7 Å². The maximum Gasteiger partial charge on any atom is 0.240 e. The number of halogens is 2. The van der Waals surface area contributed by atoms with Crippen LogP contribution in [0.25, 0.3) is 0 Å². The van der Waals surface area contributed by atoms with Crippen LogP contribution in [-0.4, -0.2) is 27.9 Å². The molecule has 0 aliphatic carbocycles. The number of anilines is 1. The van der Waals surface area contributed by atoms with E-state index in [1.165, 1.54) is 11.8 Å². The fourth-order valence-corrected chi connectivity index (χ4v) is 3.09. The second kappa shape index (κ2) is 8.41. The molecule has 1 saturated heterocycles. The molecule has 1 atom stereocenters. The molecule has 140 valence electrons. The first-order valence-electron chi connectivity index (χ1n) is 7.92. The molecule has 1 aliphatic rings. The fraction of sp³-hybridized carbons (Fsp3) is 0.412. The van der Waals surface area contributed by atoms with Crippen LogP contribution in [0.2, 0.25) is 10.0 Å². The highest BCUT2D eigenvalue weighted by molar-refractivity contribution is 8.15. The van der Waals surface area contributed by atoms with E-state index in [1.54, 1.807) is 18.2 Å². The lowest BCUT2D eigenvalue weighted by molar-refractivity contribution is -0.122. The third-order valence-corrected chi connectivity index (χ3v) is 5.64. The quantitative estimate of drug-likeness (QED) is 0.567. The number of carbonyl (C=O) groups excluding carboxylic acids is 2. The van der Waals surface area contributed by atoms with Crippen molar-refractivity contribution in [2.45, 2.75) is 39.4 Å². The highest BCUT2D eigenvalue weighted by Crippen LogP contribution is 2.30. The number of amides is 2. The Balaban J connectivity index is 1.99. The van der Waals surface area contributed by atoms with Gasteiger partial charge in [-0.05, 0) is 19.1 Å². The number of rotatable bonds is 4. The zero-order chi connectivity index (χ0) is 19.5. The standard InChI is InChI=1S/C17H20Cl2N4O2S/c1-9(17(2,3)4)22-23-16-21-15(25)12(26-16)8-13(24)20-11-7-5-6-10(18)14(11)19/h5-7,12H,8H2,1-4H3,(H,20,24)(H,21,23,25)/b22-9-/t12-/m0/s1. The van der Waals surface area contributed by atoms with E-state index in [0.717, 1.165) is 5.71 Å². The number of nitrogens with zero attached hydrogens (tertiary/aromatic N) is 2. The summed E-state index contributed by atoms with van der Waals surface area (Å²) in [5.41, 5.74) is 1.15. The van der Waals surface area contributed by atoms with Gasteiger partial charge in [0.2, 0.25) is 11.8 Å². The average molecular weight is 415 g/mol. The molecule has 0 radical (unpaired) electrons. The first-order valence-corrected chi connectivity index (χ1v) is 9.55. The van der Waals surface area contributed by atoms with Crippen LogP contribution in [0.3, 0.4) is 0 Å². The van der Waals surface area contributed by atoms with Crippen LogP contribution in [0, 0.1) is 5.41 Å². The molecular formula is C17H20Cl2N4O2S. The summed E-state index contributed by atoms with van der Waals surface area (Å²) in [7, 11) is 0. The van der Waals surface area contributed by atoms with E-state index in [-0.39, 0.29) is 28.7 Å². The second-order valence-electron chi connectivity index (χ2n) is 6.79. The molecule has 1 aromatic carbocycles. The highest BCUT2D eigenvalue weighted by Gasteiger charge is 2.32. The summed E-state index contributed by atoms with van der Waals surface area (Å²) < 4.78 is 0. The Kier molecular flexibility index (Phi) is 6.71. The molecule has 0 saturated carbocycles. The van der Waals surface area contributed by atoms with Crippen LogP contribution in [0.15, 0.2) is 28.4 Å². The molecule has 2 rings (SSSR count). The molecule has 1 aromatic rings. The smallest absolute Gasteiger partial charge is 0.240 e. The summed E-state index contributed by atoms with van der Waals surface area (Å²) in [4.78, 5) is 24.3. The summed E-state index contributed by atoms with van der Waals surface area (Å²) in [5.74, 6) is -0.609. The normalized spacial score (nSPS) is 19.6. The van der Waals surface area contributed by atoms with Gasteiger partial charge >= 0.3 is 0 Å². The predicted molar refractivity (Wildman–Crippen MR) is 109 cm³/mol. The number of amidine groups is 1. The summed E-state index contributed by atoms with van der Waals surface area (Å²) in [6.07, 6.45) is -0.0136. The third kappa shape index (κ3) is 5.46. The van der Waals surface area contributed by atoms with E-state index >= 15 is 0 Å². The van der Waals surface area contributed by atoms with Gasteiger partial charge in [-0.15, -0.1) is 5.10 Å². The van der Waals surface area contributed by atoms with Crippen molar-refractivity contribution in [3.8, 4) is 0 Å². The van der Waals surface area contributed by atoms with Crippen molar-refractivity contribution in [3.63, 3.8) is 0 Å². The number of thioether (sulfide) groups is 1. The first-order chi connectivity index (χ1) is 12.1. The largest absolute Gasteiger partial charge is 0.325 e. The molecule has 26 heavy (non-hydrogen) atoms. The van der Waals surface area contributed by atoms with Gasteiger partial charge in [-0.3, -0.25) is 9.59 Å². The monoisotopic (exact) mass is 414 g/mol. The van der Waals surface area contributed by atoms with Crippen molar-refractivity contribution in [1.29, 1.82) is 0 Å². The van der Waals surface area contributed by atoms with Crippen LogP contribution < -0.4 is 10.6 Å². The molecule has 0 spiro atoms. The number of carbonyl (C=O) groups is 2. The maximum absolute atomic E-state index is 12.2. The van der Waals surface area contributed by atoms with Crippen LogP contribution in [-0.2, 0) is 9.59 Å². The van der Waals surface area contributed by atoms with Crippen LogP contribution >= 0.6 is 35.0 Å². The Morgan fingerprint density at radius 2 is 2.04 bits per heavy atom. The van der Waals surface area contributed by atoms with Crippen molar-refractivity contribution in [2.75, 3.05) is 5.32 Å². The van der Waals surface area contributed by atoms with E-state index in [0.29, 0.717) is 15.9 Å². The Morgan fingerprint density at radius 1 is 1.35 bits per heavy atom. The van der Waals surface area contributed by atoms with Gasteiger partial charge in [0.25, 0.3) is 0 Å². The Bertz CT molecular complexity index is 787. The molecule has 2 N–H and O–H groups in total. The SMILES string of the molecule is C/C(=N/N=C1\NC(=O)[C@H](CC(=O)Nc2cccc(Cl)c2Cl)S1)C(C)(C)C. The van der Waals surface area contributed by atoms with Crippen LogP contribution in [0.4, 0.5) is 5.69 Å². The summed E-state index contributed by atoms with van der Waals surface area (Å²) in [5, 5.41) is 14.0. The van der Waals surface area contributed by atoms with Gasteiger partial charge in [0.1, 0.15) is 5.25 Å². The lowest BCUT2D eigenvalue weighted by atomic mass is 9.91. The molecule has 1 aliphatic heterocycles. The van der Waals surface area contributed by atoms with Gasteiger partial charge in [-0.1, -0.05) is 61.8 Å². The number of nitrogens with one attached hydrogen (secondary N) is 2. The Hall–Kier alpha value is -1.57. The minimum atomic E-state index is -0.572. The molecular weight excluding hydrogens is 395 g/mol. The van der Waals surface area contributed by atoms with E-state index in [9.17, 15) is 9.59 Å². The van der Waals surface area contributed by atoms with E-state index in [1.807, 2.05) is 27.7 Å².